The van der Waals surface area contributed by atoms with E-state index in [1.54, 1.807) is 16.8 Å². The molecule has 1 saturated heterocycles. The lowest BCUT2D eigenvalue weighted by Gasteiger charge is -2.37. The Morgan fingerprint density at radius 3 is 2.67 bits per heavy atom. The smallest absolute Gasteiger partial charge is 0.323 e. The highest BCUT2D eigenvalue weighted by molar-refractivity contribution is 8.00. The van der Waals surface area contributed by atoms with Crippen molar-refractivity contribution >= 4 is 23.4 Å². The summed E-state index contributed by atoms with van der Waals surface area (Å²) in [6.45, 7) is 3.41. The number of thioether (sulfide) groups is 1. The second kappa shape index (κ2) is 9.18. The molecule has 4 rings (SSSR count). The van der Waals surface area contributed by atoms with Crippen LogP contribution in [0.2, 0.25) is 0 Å². The van der Waals surface area contributed by atoms with Crippen molar-refractivity contribution in [3.8, 4) is 0 Å². The van der Waals surface area contributed by atoms with Gasteiger partial charge in [0.25, 0.3) is 0 Å². The first-order valence-electron chi connectivity index (χ1n) is 10.3. The van der Waals surface area contributed by atoms with Crippen LogP contribution in [0.1, 0.15) is 24.1 Å². The second-order valence-corrected chi connectivity index (χ2v) is 8.68. The van der Waals surface area contributed by atoms with Crippen LogP contribution in [0.25, 0.3) is 0 Å². The molecule has 30 heavy (non-hydrogen) atoms. The van der Waals surface area contributed by atoms with E-state index in [2.05, 4.69) is 27.3 Å². The number of benzene rings is 1. The number of aromatic nitrogens is 2. The third-order valence-electron chi connectivity index (χ3n) is 5.58. The molecule has 1 N–H and O–H groups in total. The zero-order chi connectivity index (χ0) is 21.1. The summed E-state index contributed by atoms with van der Waals surface area (Å²) in [4.78, 5) is 31.8. The minimum Gasteiger partial charge on any atom is -0.323 e. The molecule has 160 valence electrons. The van der Waals surface area contributed by atoms with E-state index in [0.29, 0.717) is 5.03 Å². The maximum absolute atomic E-state index is 13.8. The van der Waals surface area contributed by atoms with Gasteiger partial charge in [-0.3, -0.25) is 4.79 Å². The summed E-state index contributed by atoms with van der Waals surface area (Å²) < 4.78 is 15.5. The lowest BCUT2D eigenvalue weighted by atomic mass is 9.97. The fourth-order valence-corrected chi connectivity index (χ4v) is 4.84. The van der Waals surface area contributed by atoms with Crippen molar-refractivity contribution < 1.29 is 9.18 Å². The van der Waals surface area contributed by atoms with Crippen LogP contribution < -0.4 is 16.0 Å². The molecule has 1 aliphatic heterocycles. The molecule has 9 heteroatoms. The number of halogens is 1. The molecule has 0 radical (unpaired) electrons. The largest absolute Gasteiger partial charge is 0.367 e. The number of amides is 1. The predicted molar refractivity (Wildman–Crippen MR) is 116 cm³/mol. The topological polar surface area (TPSA) is 70.5 Å². The van der Waals surface area contributed by atoms with Crippen molar-refractivity contribution in [2.45, 2.75) is 30.7 Å². The van der Waals surface area contributed by atoms with Gasteiger partial charge in [-0.05, 0) is 44.9 Å². The molecule has 1 aromatic carbocycles. The van der Waals surface area contributed by atoms with E-state index in [0.717, 1.165) is 63.1 Å². The van der Waals surface area contributed by atoms with Crippen LogP contribution >= 0.6 is 11.8 Å². The molecule has 0 bridgehead atoms. The van der Waals surface area contributed by atoms with E-state index >= 15 is 0 Å². The summed E-state index contributed by atoms with van der Waals surface area (Å²) in [5.74, 6) is -0.716. The second-order valence-electron chi connectivity index (χ2n) is 7.72. The molecule has 2 heterocycles. The van der Waals surface area contributed by atoms with Gasteiger partial charge in [0.15, 0.2) is 0 Å². The SMILES string of the molecule is CN1CCN(n2c3c(c(SCC(=O)Nc4ccccc4F)nc2=O)CCCC3)CC1. The van der Waals surface area contributed by atoms with Crippen LogP contribution in [0.15, 0.2) is 34.1 Å². The Bertz CT molecular complexity index is 988. The normalized spacial score (nSPS) is 16.9. The third kappa shape index (κ3) is 4.52. The number of carbonyl (C=O) groups excluding carboxylic acids is 1. The van der Waals surface area contributed by atoms with Gasteiger partial charge in [-0.2, -0.15) is 4.98 Å². The molecule has 1 amide bonds. The average Bonchev–Trinajstić information content (AvgIpc) is 2.75. The van der Waals surface area contributed by atoms with Crippen molar-refractivity contribution in [2.75, 3.05) is 49.3 Å². The van der Waals surface area contributed by atoms with Crippen molar-refractivity contribution in [1.29, 1.82) is 0 Å². The Hall–Kier alpha value is -2.39. The lowest BCUT2D eigenvalue weighted by molar-refractivity contribution is -0.113. The minimum atomic E-state index is -0.471. The van der Waals surface area contributed by atoms with Gasteiger partial charge in [-0.1, -0.05) is 23.9 Å². The molecular formula is C21H26FN5O2S. The average molecular weight is 432 g/mol. The maximum atomic E-state index is 13.8. The molecule has 7 nitrogen and oxygen atoms in total. The van der Waals surface area contributed by atoms with Gasteiger partial charge in [0.2, 0.25) is 5.91 Å². The number of anilines is 1. The van der Waals surface area contributed by atoms with Crippen LogP contribution in [-0.2, 0) is 17.6 Å². The van der Waals surface area contributed by atoms with Crippen LogP contribution in [0.3, 0.4) is 0 Å². The number of hydrogen-bond donors (Lipinski definition) is 1. The fourth-order valence-electron chi connectivity index (χ4n) is 3.96. The van der Waals surface area contributed by atoms with Gasteiger partial charge in [-0.15, -0.1) is 0 Å². The summed E-state index contributed by atoms with van der Waals surface area (Å²) in [5.41, 5.74) is 1.98. The van der Waals surface area contributed by atoms with Crippen molar-refractivity contribution in [1.82, 2.24) is 14.6 Å². The van der Waals surface area contributed by atoms with E-state index in [1.165, 1.54) is 23.9 Å². The van der Waals surface area contributed by atoms with Gasteiger partial charge in [0, 0.05) is 31.7 Å². The van der Waals surface area contributed by atoms with Crippen LogP contribution in [0.4, 0.5) is 10.1 Å². The number of nitrogens with zero attached hydrogens (tertiary/aromatic N) is 4. The Balaban J connectivity index is 1.53. The molecule has 2 aliphatic rings. The van der Waals surface area contributed by atoms with Crippen molar-refractivity contribution in [3.63, 3.8) is 0 Å². The Morgan fingerprint density at radius 2 is 1.90 bits per heavy atom. The number of piperazine rings is 1. The summed E-state index contributed by atoms with van der Waals surface area (Å²) in [6, 6.07) is 6.07. The number of hydrogen-bond acceptors (Lipinski definition) is 6. The van der Waals surface area contributed by atoms with Gasteiger partial charge in [-0.25, -0.2) is 13.9 Å². The molecule has 0 atom stereocenters. The zero-order valence-electron chi connectivity index (χ0n) is 17.1. The lowest BCUT2D eigenvalue weighted by Crippen LogP contribution is -2.54. The Labute approximate surface area is 179 Å². The van der Waals surface area contributed by atoms with E-state index in [1.807, 2.05) is 0 Å². The number of carbonyl (C=O) groups is 1. The molecule has 0 unspecified atom stereocenters. The highest BCUT2D eigenvalue weighted by Gasteiger charge is 2.25. The third-order valence-corrected chi connectivity index (χ3v) is 6.60. The predicted octanol–water partition coefficient (Wildman–Crippen LogP) is 1.88. The quantitative estimate of drug-likeness (QED) is 0.576. The number of nitrogens with one attached hydrogen (secondary N) is 1. The van der Waals surface area contributed by atoms with E-state index in [9.17, 15) is 14.0 Å². The molecule has 2 aromatic rings. The summed E-state index contributed by atoms with van der Waals surface area (Å²) in [6.07, 6.45) is 3.79. The summed E-state index contributed by atoms with van der Waals surface area (Å²) in [7, 11) is 2.08. The Kier molecular flexibility index (Phi) is 6.38. The molecule has 1 aromatic heterocycles. The van der Waals surface area contributed by atoms with E-state index in [-0.39, 0.29) is 23.0 Å². The first-order valence-corrected chi connectivity index (χ1v) is 11.3. The fraction of sp³-hybridized carbons (Fsp3) is 0.476. The molecule has 1 fully saturated rings. The minimum absolute atomic E-state index is 0.0751. The number of para-hydroxylation sites is 1. The highest BCUT2D eigenvalue weighted by Crippen LogP contribution is 2.29. The first kappa shape index (κ1) is 20.9. The van der Waals surface area contributed by atoms with Crippen LogP contribution in [0.5, 0.6) is 0 Å². The summed E-state index contributed by atoms with van der Waals surface area (Å²) >= 11 is 1.25. The highest BCUT2D eigenvalue weighted by atomic mass is 32.2. The zero-order valence-corrected chi connectivity index (χ0v) is 17.9. The molecule has 0 saturated carbocycles. The van der Waals surface area contributed by atoms with Gasteiger partial charge < -0.3 is 15.2 Å². The van der Waals surface area contributed by atoms with E-state index < -0.39 is 5.82 Å². The number of likely N-dealkylation sites (N-methyl/N-ethyl adjacent to an activating group) is 1. The van der Waals surface area contributed by atoms with E-state index in [4.69, 9.17) is 0 Å². The van der Waals surface area contributed by atoms with Crippen LogP contribution in [-0.4, -0.2) is 59.4 Å². The number of rotatable bonds is 5. The maximum Gasteiger partial charge on any atom is 0.367 e. The van der Waals surface area contributed by atoms with Gasteiger partial charge in [0.1, 0.15) is 10.8 Å². The summed E-state index contributed by atoms with van der Waals surface area (Å²) in [5, 5.41) is 5.31. The molecular weight excluding hydrogens is 405 g/mol. The standard InChI is InChI=1S/C21H26FN5O2S/c1-25-10-12-26(13-11-25)27-18-9-5-2-6-15(18)20(24-21(27)29)30-14-19(28)23-17-8-4-3-7-16(17)22/h3-4,7-8H,2,5-6,9-14H2,1H3,(H,23,28). The van der Waals surface area contributed by atoms with Crippen molar-refractivity contribution in [2.24, 2.45) is 0 Å². The van der Waals surface area contributed by atoms with Crippen LogP contribution in [0, 0.1) is 5.82 Å². The molecule has 0 spiro atoms. The van der Waals surface area contributed by atoms with Gasteiger partial charge in [0.05, 0.1) is 17.1 Å². The van der Waals surface area contributed by atoms with Crippen molar-refractivity contribution in [3.05, 3.63) is 51.8 Å². The Morgan fingerprint density at radius 1 is 1.17 bits per heavy atom. The molecule has 1 aliphatic carbocycles. The first-order chi connectivity index (χ1) is 14.5. The van der Waals surface area contributed by atoms with Gasteiger partial charge >= 0.3 is 5.69 Å². The monoisotopic (exact) mass is 431 g/mol. The number of fused-ring (bicyclic) bond motifs is 1.